The molecule has 0 unspecified atom stereocenters. The summed E-state index contributed by atoms with van der Waals surface area (Å²) >= 11 is 0. The summed E-state index contributed by atoms with van der Waals surface area (Å²) in [5, 5.41) is 17.5. The van der Waals surface area contributed by atoms with E-state index in [0.717, 1.165) is 43.1 Å². The molecule has 1 fully saturated rings. The lowest BCUT2D eigenvalue weighted by molar-refractivity contribution is -0.384. The molecule has 0 bridgehead atoms. The first-order valence-corrected chi connectivity index (χ1v) is 14.5. The van der Waals surface area contributed by atoms with E-state index in [-0.39, 0.29) is 29.5 Å². The van der Waals surface area contributed by atoms with Gasteiger partial charge < -0.3 is 19.7 Å². The SMILES string of the molecule is CC(C)(C)OC(=O)n1ccc2ccc(NC(=O)c3ccc([N+](=O)[O-])cc3NC(=O)OCC3CCN(c4ccncc4)CC3)cc21. The third-order valence-corrected chi connectivity index (χ3v) is 7.33. The van der Waals surface area contributed by atoms with Crippen LogP contribution in [0, 0.1) is 16.0 Å². The molecule has 1 saturated heterocycles. The van der Waals surface area contributed by atoms with Crippen molar-refractivity contribution in [1.82, 2.24) is 9.55 Å². The molecule has 0 saturated carbocycles. The molecule has 0 spiro atoms. The van der Waals surface area contributed by atoms with Crippen molar-refractivity contribution < 1.29 is 28.8 Å². The fraction of sp³-hybridized carbons (Fsp3) is 0.312. The van der Waals surface area contributed by atoms with Gasteiger partial charge in [0.1, 0.15) is 5.60 Å². The molecule has 2 N–H and O–H groups in total. The fourth-order valence-electron chi connectivity index (χ4n) is 5.07. The number of fused-ring (bicyclic) bond motifs is 1. The molecule has 2 aromatic carbocycles. The van der Waals surface area contributed by atoms with E-state index in [2.05, 4.69) is 20.5 Å². The fourth-order valence-corrected chi connectivity index (χ4v) is 5.07. The van der Waals surface area contributed by atoms with Gasteiger partial charge in [0.15, 0.2) is 0 Å². The van der Waals surface area contributed by atoms with Crippen LogP contribution in [-0.4, -0.2) is 57.9 Å². The maximum Gasteiger partial charge on any atom is 0.418 e. The largest absolute Gasteiger partial charge is 0.449 e. The molecule has 45 heavy (non-hydrogen) atoms. The van der Waals surface area contributed by atoms with Crippen LogP contribution in [0.1, 0.15) is 44.0 Å². The Labute approximate surface area is 259 Å². The molecule has 5 rings (SSSR count). The number of rotatable bonds is 7. The lowest BCUT2D eigenvalue weighted by atomic mass is 9.97. The molecule has 0 atom stereocenters. The molecule has 4 aromatic rings. The second-order valence-electron chi connectivity index (χ2n) is 11.7. The normalized spacial score (nSPS) is 13.7. The number of nitrogens with one attached hydrogen (secondary N) is 2. The number of hydrogen-bond donors (Lipinski definition) is 2. The average molecular weight is 615 g/mol. The third kappa shape index (κ3) is 7.74. The summed E-state index contributed by atoms with van der Waals surface area (Å²) in [7, 11) is 0. The molecule has 0 radical (unpaired) electrons. The topological polar surface area (TPSA) is 158 Å². The van der Waals surface area contributed by atoms with E-state index in [4.69, 9.17) is 9.47 Å². The van der Waals surface area contributed by atoms with Crippen molar-refractivity contribution in [2.75, 3.05) is 35.2 Å². The van der Waals surface area contributed by atoms with Crippen LogP contribution < -0.4 is 15.5 Å². The van der Waals surface area contributed by atoms with Crippen LogP contribution in [0.3, 0.4) is 0 Å². The van der Waals surface area contributed by atoms with Crippen molar-refractivity contribution in [3.8, 4) is 0 Å². The Balaban J connectivity index is 1.25. The second kappa shape index (κ2) is 13.0. The van der Waals surface area contributed by atoms with E-state index in [1.54, 1.807) is 63.6 Å². The molecule has 1 aliphatic rings. The van der Waals surface area contributed by atoms with E-state index in [1.807, 2.05) is 12.1 Å². The number of non-ortho nitro benzene ring substituents is 1. The van der Waals surface area contributed by atoms with E-state index in [9.17, 15) is 24.5 Å². The second-order valence-corrected chi connectivity index (χ2v) is 11.7. The van der Waals surface area contributed by atoms with E-state index in [1.165, 1.54) is 16.7 Å². The molecule has 3 heterocycles. The number of amides is 2. The van der Waals surface area contributed by atoms with Gasteiger partial charge >= 0.3 is 12.2 Å². The number of nitro groups is 1. The van der Waals surface area contributed by atoms with Gasteiger partial charge in [-0.2, -0.15) is 0 Å². The van der Waals surface area contributed by atoms with Crippen LogP contribution in [-0.2, 0) is 9.47 Å². The third-order valence-electron chi connectivity index (χ3n) is 7.33. The van der Waals surface area contributed by atoms with Crippen molar-refractivity contribution in [2.24, 2.45) is 5.92 Å². The van der Waals surface area contributed by atoms with Gasteiger partial charge in [-0.3, -0.25) is 29.8 Å². The number of pyridine rings is 1. The lowest BCUT2D eigenvalue weighted by Gasteiger charge is -2.33. The predicted molar refractivity (Wildman–Crippen MR) is 169 cm³/mol. The number of nitro benzene ring substituents is 1. The van der Waals surface area contributed by atoms with Gasteiger partial charge in [-0.1, -0.05) is 6.07 Å². The Morgan fingerprint density at radius 3 is 2.42 bits per heavy atom. The summed E-state index contributed by atoms with van der Waals surface area (Å²) < 4.78 is 12.3. The molecule has 13 heteroatoms. The van der Waals surface area contributed by atoms with Gasteiger partial charge in [-0.25, -0.2) is 9.59 Å². The van der Waals surface area contributed by atoms with Gasteiger partial charge in [0.05, 0.1) is 28.3 Å². The van der Waals surface area contributed by atoms with Gasteiger partial charge in [0, 0.05) is 60.6 Å². The number of benzene rings is 2. The maximum absolute atomic E-state index is 13.4. The van der Waals surface area contributed by atoms with Gasteiger partial charge in [0.2, 0.25) is 0 Å². The molecule has 1 aliphatic heterocycles. The van der Waals surface area contributed by atoms with Crippen LogP contribution in [0.2, 0.25) is 0 Å². The number of carbonyl (C=O) groups excluding carboxylic acids is 3. The lowest BCUT2D eigenvalue weighted by Crippen LogP contribution is -2.35. The highest BCUT2D eigenvalue weighted by Gasteiger charge is 2.23. The summed E-state index contributed by atoms with van der Waals surface area (Å²) in [5.41, 5.74) is 0.888. The maximum atomic E-state index is 13.4. The zero-order chi connectivity index (χ0) is 32.1. The highest BCUT2D eigenvalue weighted by Crippen LogP contribution is 2.27. The highest BCUT2D eigenvalue weighted by molar-refractivity contribution is 6.10. The Morgan fingerprint density at radius 2 is 1.73 bits per heavy atom. The first-order valence-electron chi connectivity index (χ1n) is 14.5. The first-order chi connectivity index (χ1) is 21.5. The zero-order valence-electron chi connectivity index (χ0n) is 25.2. The van der Waals surface area contributed by atoms with Gasteiger partial charge in [-0.15, -0.1) is 0 Å². The minimum atomic E-state index is -0.822. The average Bonchev–Trinajstić information content (AvgIpc) is 3.43. The molecular weight excluding hydrogens is 580 g/mol. The summed E-state index contributed by atoms with van der Waals surface area (Å²) in [4.78, 5) is 56.0. The Hall–Kier alpha value is -5.46. The van der Waals surface area contributed by atoms with Gasteiger partial charge in [-0.05, 0) is 75.9 Å². The summed E-state index contributed by atoms with van der Waals surface area (Å²) in [6.07, 6.45) is 5.34. The number of ether oxygens (including phenoxy) is 2. The standard InChI is InChI=1S/C32H34N6O7/c1-32(2,3)45-31(41)37-17-12-22-4-5-23(18-28(22)37)34-29(39)26-7-6-25(38(42)43)19-27(26)35-30(40)44-20-21-10-15-36(16-11-21)24-8-13-33-14-9-24/h4-9,12-14,17-19,21H,10-11,15-16,20H2,1-3H3,(H,34,39)(H,35,40). The Kier molecular flexibility index (Phi) is 8.98. The van der Waals surface area contributed by atoms with Crippen LogP contribution >= 0.6 is 0 Å². The number of piperidine rings is 1. The van der Waals surface area contributed by atoms with Crippen molar-refractivity contribution in [3.63, 3.8) is 0 Å². The number of anilines is 3. The first kappa shape index (κ1) is 31.0. The summed E-state index contributed by atoms with van der Waals surface area (Å²) in [5.74, 6) is -0.477. The molecule has 234 valence electrons. The molecule has 13 nitrogen and oxygen atoms in total. The summed E-state index contributed by atoms with van der Waals surface area (Å²) in [6.45, 7) is 7.08. The van der Waals surface area contributed by atoms with Crippen LogP contribution in [0.4, 0.5) is 32.3 Å². The Morgan fingerprint density at radius 1 is 1.00 bits per heavy atom. The predicted octanol–water partition coefficient (Wildman–Crippen LogP) is 6.45. The molecule has 0 aliphatic carbocycles. The van der Waals surface area contributed by atoms with Crippen LogP contribution in [0.5, 0.6) is 0 Å². The number of carbonyl (C=O) groups is 3. The highest BCUT2D eigenvalue weighted by atomic mass is 16.6. The minimum absolute atomic E-state index is 0.00849. The van der Waals surface area contributed by atoms with E-state index in [0.29, 0.717) is 11.2 Å². The quantitative estimate of drug-likeness (QED) is 0.176. The monoisotopic (exact) mass is 614 g/mol. The van der Waals surface area contributed by atoms with Crippen LogP contribution in [0.25, 0.3) is 10.9 Å². The van der Waals surface area contributed by atoms with Crippen molar-refractivity contribution in [3.05, 3.63) is 88.9 Å². The zero-order valence-corrected chi connectivity index (χ0v) is 25.2. The summed E-state index contributed by atoms with van der Waals surface area (Å²) in [6, 6.07) is 14.2. The smallest absolute Gasteiger partial charge is 0.418 e. The number of nitrogens with zero attached hydrogens (tertiary/aromatic N) is 4. The van der Waals surface area contributed by atoms with Crippen molar-refractivity contribution in [1.29, 1.82) is 0 Å². The molecular formula is C32H34N6O7. The Bertz CT molecular complexity index is 1720. The van der Waals surface area contributed by atoms with Gasteiger partial charge in [0.25, 0.3) is 11.6 Å². The number of hydrogen-bond acceptors (Lipinski definition) is 9. The molecule has 2 aromatic heterocycles. The number of aromatic nitrogens is 2. The van der Waals surface area contributed by atoms with Crippen molar-refractivity contribution >= 4 is 51.7 Å². The van der Waals surface area contributed by atoms with Crippen molar-refractivity contribution in [2.45, 2.75) is 39.2 Å². The molecule has 2 amide bonds. The minimum Gasteiger partial charge on any atom is -0.449 e. The van der Waals surface area contributed by atoms with Crippen LogP contribution in [0.15, 0.2) is 73.2 Å². The van der Waals surface area contributed by atoms with E-state index < -0.39 is 28.6 Å². The van der Waals surface area contributed by atoms with E-state index >= 15 is 0 Å².